The molecule has 1 aliphatic heterocycles. The van der Waals surface area contributed by atoms with Gasteiger partial charge in [0, 0.05) is 44.7 Å². The average molecular weight is 240 g/mol. The molecule has 0 aromatic heterocycles. The Balaban J connectivity index is 1.90. The standard InChI is InChI=1S/C14H28N2O/c1-13-4-3-5-14(10-13,12-17)11-16-8-6-15(2)7-9-16/h13,17H,3-12H2,1-2H3. The fourth-order valence-electron chi connectivity index (χ4n) is 3.59. The summed E-state index contributed by atoms with van der Waals surface area (Å²) in [6.45, 7) is 8.53. The summed E-state index contributed by atoms with van der Waals surface area (Å²) in [5.41, 5.74) is 0.202. The third-order valence-electron chi connectivity index (χ3n) is 4.68. The van der Waals surface area contributed by atoms with Gasteiger partial charge in [-0.3, -0.25) is 0 Å². The highest BCUT2D eigenvalue weighted by molar-refractivity contribution is 4.88. The minimum atomic E-state index is 0.202. The zero-order chi connectivity index (χ0) is 12.3. The van der Waals surface area contributed by atoms with E-state index in [1.165, 1.54) is 51.9 Å². The molecule has 0 aromatic carbocycles. The third-order valence-corrected chi connectivity index (χ3v) is 4.68. The van der Waals surface area contributed by atoms with E-state index in [2.05, 4.69) is 23.8 Å². The van der Waals surface area contributed by atoms with Crippen molar-refractivity contribution >= 4 is 0 Å². The molecular formula is C14H28N2O. The van der Waals surface area contributed by atoms with E-state index in [1.54, 1.807) is 0 Å². The van der Waals surface area contributed by atoms with E-state index >= 15 is 0 Å². The molecule has 1 saturated carbocycles. The van der Waals surface area contributed by atoms with Crippen molar-refractivity contribution in [1.82, 2.24) is 9.80 Å². The zero-order valence-electron chi connectivity index (χ0n) is 11.5. The molecule has 0 amide bonds. The SMILES string of the molecule is CC1CCCC(CO)(CN2CCN(C)CC2)C1. The van der Waals surface area contributed by atoms with E-state index < -0.39 is 0 Å². The van der Waals surface area contributed by atoms with Crippen LogP contribution in [0, 0.1) is 11.3 Å². The molecule has 100 valence electrons. The van der Waals surface area contributed by atoms with Crippen molar-refractivity contribution < 1.29 is 5.11 Å². The summed E-state index contributed by atoms with van der Waals surface area (Å²) in [5, 5.41) is 9.80. The maximum absolute atomic E-state index is 9.80. The Bertz CT molecular complexity index is 238. The van der Waals surface area contributed by atoms with Gasteiger partial charge < -0.3 is 14.9 Å². The lowest BCUT2D eigenvalue weighted by molar-refractivity contribution is 0.0113. The largest absolute Gasteiger partial charge is 0.396 e. The molecule has 1 aliphatic carbocycles. The number of hydrogen-bond donors (Lipinski definition) is 1. The van der Waals surface area contributed by atoms with Gasteiger partial charge >= 0.3 is 0 Å². The minimum Gasteiger partial charge on any atom is -0.396 e. The summed E-state index contributed by atoms with van der Waals surface area (Å²) in [5.74, 6) is 0.795. The summed E-state index contributed by atoms with van der Waals surface area (Å²) in [6, 6.07) is 0. The van der Waals surface area contributed by atoms with Crippen LogP contribution >= 0.6 is 0 Å². The number of piperazine rings is 1. The second kappa shape index (κ2) is 5.68. The molecule has 2 atom stereocenters. The summed E-state index contributed by atoms with van der Waals surface area (Å²) in [4.78, 5) is 4.96. The molecular weight excluding hydrogens is 212 g/mol. The van der Waals surface area contributed by atoms with Gasteiger partial charge in [-0.15, -0.1) is 0 Å². The fraction of sp³-hybridized carbons (Fsp3) is 1.00. The Morgan fingerprint density at radius 1 is 1.24 bits per heavy atom. The summed E-state index contributed by atoms with van der Waals surface area (Å²) >= 11 is 0. The molecule has 2 unspecified atom stereocenters. The van der Waals surface area contributed by atoms with Gasteiger partial charge in [-0.1, -0.05) is 19.8 Å². The molecule has 0 radical (unpaired) electrons. The van der Waals surface area contributed by atoms with Crippen molar-refractivity contribution in [1.29, 1.82) is 0 Å². The lowest BCUT2D eigenvalue weighted by atomic mass is 9.70. The lowest BCUT2D eigenvalue weighted by Crippen LogP contribution is -2.50. The highest BCUT2D eigenvalue weighted by Crippen LogP contribution is 2.39. The Kier molecular flexibility index (Phi) is 4.45. The molecule has 2 aliphatic rings. The normalized spacial score (nSPS) is 37.2. The van der Waals surface area contributed by atoms with Crippen LogP contribution < -0.4 is 0 Å². The van der Waals surface area contributed by atoms with E-state index in [-0.39, 0.29) is 5.41 Å². The van der Waals surface area contributed by atoms with Gasteiger partial charge in [-0.25, -0.2) is 0 Å². The molecule has 3 heteroatoms. The van der Waals surface area contributed by atoms with E-state index in [0.717, 1.165) is 12.5 Å². The number of nitrogens with zero attached hydrogens (tertiary/aromatic N) is 2. The predicted molar refractivity (Wildman–Crippen MR) is 71.1 cm³/mol. The number of hydrogen-bond acceptors (Lipinski definition) is 3. The maximum Gasteiger partial charge on any atom is 0.0499 e. The van der Waals surface area contributed by atoms with E-state index in [0.29, 0.717) is 6.61 Å². The molecule has 17 heavy (non-hydrogen) atoms. The number of rotatable bonds is 3. The monoisotopic (exact) mass is 240 g/mol. The summed E-state index contributed by atoms with van der Waals surface area (Å²) in [7, 11) is 2.20. The molecule has 3 nitrogen and oxygen atoms in total. The number of aliphatic hydroxyl groups excluding tert-OH is 1. The van der Waals surface area contributed by atoms with Crippen molar-refractivity contribution in [3.63, 3.8) is 0 Å². The zero-order valence-corrected chi connectivity index (χ0v) is 11.5. The minimum absolute atomic E-state index is 0.202. The summed E-state index contributed by atoms with van der Waals surface area (Å²) in [6.07, 6.45) is 5.09. The second-order valence-electron chi connectivity index (χ2n) is 6.44. The third kappa shape index (κ3) is 3.43. The first kappa shape index (κ1) is 13.3. The van der Waals surface area contributed by atoms with Gasteiger partial charge in [0.2, 0.25) is 0 Å². The lowest BCUT2D eigenvalue weighted by Gasteiger charge is -2.44. The smallest absolute Gasteiger partial charge is 0.0499 e. The van der Waals surface area contributed by atoms with Crippen LogP contribution in [0.25, 0.3) is 0 Å². The van der Waals surface area contributed by atoms with Crippen LogP contribution in [-0.4, -0.2) is 61.3 Å². The first-order valence-corrected chi connectivity index (χ1v) is 7.15. The van der Waals surface area contributed by atoms with Gasteiger partial charge in [0.1, 0.15) is 0 Å². The van der Waals surface area contributed by atoms with Crippen LogP contribution in [0.15, 0.2) is 0 Å². The topological polar surface area (TPSA) is 26.7 Å². The molecule has 2 fully saturated rings. The van der Waals surface area contributed by atoms with Crippen LogP contribution in [0.1, 0.15) is 32.6 Å². The molecule has 2 rings (SSSR count). The van der Waals surface area contributed by atoms with Crippen molar-refractivity contribution in [3.8, 4) is 0 Å². The fourth-order valence-corrected chi connectivity index (χ4v) is 3.59. The Morgan fingerprint density at radius 3 is 2.53 bits per heavy atom. The Morgan fingerprint density at radius 2 is 1.94 bits per heavy atom. The molecule has 1 saturated heterocycles. The van der Waals surface area contributed by atoms with Crippen molar-refractivity contribution in [2.45, 2.75) is 32.6 Å². The van der Waals surface area contributed by atoms with Gasteiger partial charge in [0.05, 0.1) is 0 Å². The van der Waals surface area contributed by atoms with Gasteiger partial charge in [0.15, 0.2) is 0 Å². The summed E-state index contributed by atoms with van der Waals surface area (Å²) < 4.78 is 0. The van der Waals surface area contributed by atoms with E-state index in [4.69, 9.17) is 0 Å². The van der Waals surface area contributed by atoms with Gasteiger partial charge in [-0.05, 0) is 25.8 Å². The second-order valence-corrected chi connectivity index (χ2v) is 6.44. The molecule has 0 aromatic rings. The van der Waals surface area contributed by atoms with Crippen LogP contribution in [0.2, 0.25) is 0 Å². The Labute approximate surface area is 106 Å². The van der Waals surface area contributed by atoms with E-state index in [1.807, 2.05) is 0 Å². The first-order valence-electron chi connectivity index (χ1n) is 7.15. The van der Waals surface area contributed by atoms with Crippen LogP contribution in [0.4, 0.5) is 0 Å². The molecule has 0 spiro atoms. The average Bonchev–Trinajstić information content (AvgIpc) is 2.32. The highest BCUT2D eigenvalue weighted by atomic mass is 16.3. The highest BCUT2D eigenvalue weighted by Gasteiger charge is 2.36. The number of likely N-dealkylation sites (N-methyl/N-ethyl adjacent to an activating group) is 1. The molecule has 1 N–H and O–H groups in total. The van der Waals surface area contributed by atoms with Crippen molar-refractivity contribution in [2.75, 3.05) is 46.4 Å². The Hall–Kier alpha value is -0.120. The van der Waals surface area contributed by atoms with Crippen molar-refractivity contribution in [3.05, 3.63) is 0 Å². The quantitative estimate of drug-likeness (QED) is 0.808. The van der Waals surface area contributed by atoms with Crippen LogP contribution in [0.3, 0.4) is 0 Å². The van der Waals surface area contributed by atoms with Crippen molar-refractivity contribution in [2.24, 2.45) is 11.3 Å². The first-order chi connectivity index (χ1) is 8.13. The van der Waals surface area contributed by atoms with Gasteiger partial charge in [0.25, 0.3) is 0 Å². The molecule has 1 heterocycles. The van der Waals surface area contributed by atoms with Crippen LogP contribution in [-0.2, 0) is 0 Å². The predicted octanol–water partition coefficient (Wildman–Crippen LogP) is 1.42. The maximum atomic E-state index is 9.80. The van der Waals surface area contributed by atoms with Crippen LogP contribution in [0.5, 0.6) is 0 Å². The number of aliphatic hydroxyl groups is 1. The van der Waals surface area contributed by atoms with Gasteiger partial charge in [-0.2, -0.15) is 0 Å². The van der Waals surface area contributed by atoms with E-state index in [9.17, 15) is 5.11 Å². The molecule has 0 bridgehead atoms.